The normalized spacial score (nSPS) is 14.0. The van der Waals surface area contributed by atoms with Gasteiger partial charge in [0, 0.05) is 12.6 Å². The van der Waals surface area contributed by atoms with E-state index in [0.29, 0.717) is 24.9 Å². The molecule has 3 atom stereocenters. The standard InChI is InChI=1S/C28H47N3O5/c1-9-11-12-13-17-31(24(25(33)29-19(3)4)21-15-14-16-22(32)18-21)26(34)23(20(5)10-2)30-27(35)36-28(6,7)8/h14-16,18-20,23-24,32H,9-13,17H2,1-8H3,(H,29,33)(H,30,35). The number of unbranched alkanes of at least 4 members (excludes halogenated alkanes) is 3. The highest BCUT2D eigenvalue weighted by Gasteiger charge is 2.38. The van der Waals surface area contributed by atoms with Gasteiger partial charge in [-0.25, -0.2) is 4.79 Å². The van der Waals surface area contributed by atoms with Crippen LogP contribution in [-0.4, -0.2) is 52.1 Å². The van der Waals surface area contributed by atoms with Crippen molar-refractivity contribution in [1.82, 2.24) is 15.5 Å². The van der Waals surface area contributed by atoms with E-state index in [1.54, 1.807) is 37.8 Å². The lowest BCUT2D eigenvalue weighted by Crippen LogP contribution is -2.55. The summed E-state index contributed by atoms with van der Waals surface area (Å²) in [6.45, 7) is 15.3. The number of amides is 3. The van der Waals surface area contributed by atoms with Gasteiger partial charge in [0.25, 0.3) is 0 Å². The molecule has 0 aliphatic heterocycles. The maximum atomic E-state index is 14.1. The molecule has 0 aliphatic carbocycles. The molecule has 36 heavy (non-hydrogen) atoms. The SMILES string of the molecule is CCCCCCN(C(=O)C(NC(=O)OC(C)(C)C)C(C)CC)C(C(=O)NC(C)C)c1cccc(O)c1. The number of ether oxygens (including phenoxy) is 1. The number of aromatic hydroxyl groups is 1. The monoisotopic (exact) mass is 505 g/mol. The summed E-state index contributed by atoms with van der Waals surface area (Å²) in [5, 5.41) is 15.8. The van der Waals surface area contributed by atoms with Crippen molar-refractivity contribution in [3.05, 3.63) is 29.8 Å². The van der Waals surface area contributed by atoms with Crippen molar-refractivity contribution in [2.75, 3.05) is 6.54 Å². The molecule has 3 N–H and O–H groups in total. The van der Waals surface area contributed by atoms with Gasteiger partial charge in [0.15, 0.2) is 0 Å². The summed E-state index contributed by atoms with van der Waals surface area (Å²) in [6, 6.07) is 4.46. The average Bonchev–Trinajstić information content (AvgIpc) is 2.76. The lowest BCUT2D eigenvalue weighted by molar-refractivity contribution is -0.143. The van der Waals surface area contributed by atoms with E-state index in [4.69, 9.17) is 4.74 Å². The first-order valence-electron chi connectivity index (χ1n) is 13.2. The zero-order valence-corrected chi connectivity index (χ0v) is 23.4. The number of carbonyl (C=O) groups is 3. The highest BCUT2D eigenvalue weighted by Crippen LogP contribution is 2.27. The zero-order chi connectivity index (χ0) is 27.5. The fraction of sp³-hybridized carbons (Fsp3) is 0.679. The Bertz CT molecular complexity index is 850. The number of rotatable bonds is 13. The zero-order valence-electron chi connectivity index (χ0n) is 23.4. The minimum Gasteiger partial charge on any atom is -0.508 e. The lowest BCUT2D eigenvalue weighted by atomic mass is 9.95. The number of nitrogens with zero attached hydrogens (tertiary/aromatic N) is 1. The Kier molecular flexibility index (Phi) is 12.8. The lowest BCUT2D eigenvalue weighted by Gasteiger charge is -2.36. The topological polar surface area (TPSA) is 108 Å². The highest BCUT2D eigenvalue weighted by molar-refractivity contribution is 5.92. The third-order valence-corrected chi connectivity index (χ3v) is 5.86. The maximum absolute atomic E-state index is 14.1. The second-order valence-corrected chi connectivity index (χ2v) is 10.8. The van der Waals surface area contributed by atoms with E-state index in [1.165, 1.54) is 12.1 Å². The molecule has 0 spiro atoms. The van der Waals surface area contributed by atoms with Gasteiger partial charge in [0.1, 0.15) is 23.4 Å². The van der Waals surface area contributed by atoms with Crippen molar-refractivity contribution in [2.45, 2.75) is 111 Å². The molecule has 1 aromatic carbocycles. The molecule has 204 valence electrons. The van der Waals surface area contributed by atoms with E-state index in [1.807, 2.05) is 27.7 Å². The summed E-state index contributed by atoms with van der Waals surface area (Å²) in [5.74, 6) is -0.863. The first-order valence-corrected chi connectivity index (χ1v) is 13.2. The fourth-order valence-electron chi connectivity index (χ4n) is 3.90. The van der Waals surface area contributed by atoms with E-state index in [2.05, 4.69) is 17.6 Å². The van der Waals surface area contributed by atoms with E-state index in [9.17, 15) is 19.5 Å². The van der Waals surface area contributed by atoms with Crippen molar-refractivity contribution in [2.24, 2.45) is 5.92 Å². The number of benzene rings is 1. The summed E-state index contributed by atoms with van der Waals surface area (Å²) in [4.78, 5) is 41.8. The van der Waals surface area contributed by atoms with E-state index in [0.717, 1.165) is 19.3 Å². The van der Waals surface area contributed by atoms with Gasteiger partial charge in [0.2, 0.25) is 11.8 Å². The molecule has 3 amide bonds. The van der Waals surface area contributed by atoms with Crippen molar-refractivity contribution >= 4 is 17.9 Å². The van der Waals surface area contributed by atoms with Crippen molar-refractivity contribution in [3.8, 4) is 5.75 Å². The van der Waals surface area contributed by atoms with E-state index in [-0.39, 0.29) is 29.5 Å². The minimum absolute atomic E-state index is 0.0126. The van der Waals surface area contributed by atoms with Crippen LogP contribution in [0.25, 0.3) is 0 Å². The van der Waals surface area contributed by atoms with Gasteiger partial charge < -0.3 is 25.4 Å². The number of alkyl carbamates (subject to hydrolysis) is 1. The van der Waals surface area contributed by atoms with Crippen LogP contribution in [0.2, 0.25) is 0 Å². The minimum atomic E-state index is -0.958. The van der Waals surface area contributed by atoms with Crippen molar-refractivity contribution in [3.63, 3.8) is 0 Å². The Morgan fingerprint density at radius 3 is 2.22 bits per heavy atom. The van der Waals surface area contributed by atoms with Crippen LogP contribution >= 0.6 is 0 Å². The van der Waals surface area contributed by atoms with E-state index < -0.39 is 23.8 Å². The first kappa shape index (κ1) is 31.3. The molecule has 3 unspecified atom stereocenters. The number of nitrogens with one attached hydrogen (secondary N) is 2. The molecule has 1 rings (SSSR count). The van der Waals surface area contributed by atoms with Crippen LogP contribution in [0.1, 0.15) is 99.1 Å². The Labute approximate surface area is 217 Å². The molecule has 0 bridgehead atoms. The molecule has 0 radical (unpaired) electrons. The van der Waals surface area contributed by atoms with Gasteiger partial charge in [-0.05, 0) is 64.7 Å². The molecule has 8 heteroatoms. The Balaban J connectivity index is 3.49. The summed E-state index contributed by atoms with van der Waals surface area (Å²) < 4.78 is 5.43. The Morgan fingerprint density at radius 1 is 1.03 bits per heavy atom. The largest absolute Gasteiger partial charge is 0.508 e. The summed E-state index contributed by atoms with van der Waals surface area (Å²) in [6.07, 6.45) is 3.64. The van der Waals surface area contributed by atoms with Gasteiger partial charge in [-0.15, -0.1) is 0 Å². The number of hydrogen-bond acceptors (Lipinski definition) is 5. The number of carbonyl (C=O) groups excluding carboxylic acids is 3. The Morgan fingerprint density at radius 2 is 1.69 bits per heavy atom. The van der Waals surface area contributed by atoms with Crippen LogP contribution < -0.4 is 10.6 Å². The molecule has 0 aliphatic rings. The molecule has 0 aromatic heterocycles. The summed E-state index contributed by atoms with van der Waals surface area (Å²) in [5.41, 5.74) is -0.203. The number of hydrogen-bond donors (Lipinski definition) is 3. The molecular formula is C28H47N3O5. The van der Waals surface area contributed by atoms with Gasteiger partial charge >= 0.3 is 6.09 Å². The van der Waals surface area contributed by atoms with Gasteiger partial charge in [-0.3, -0.25) is 9.59 Å². The van der Waals surface area contributed by atoms with Crippen LogP contribution in [0.15, 0.2) is 24.3 Å². The molecule has 0 fully saturated rings. The van der Waals surface area contributed by atoms with E-state index >= 15 is 0 Å². The van der Waals surface area contributed by atoms with Gasteiger partial charge in [-0.1, -0.05) is 58.6 Å². The smallest absolute Gasteiger partial charge is 0.408 e. The predicted octanol–water partition coefficient (Wildman–Crippen LogP) is 5.31. The molecule has 0 saturated carbocycles. The molecule has 0 heterocycles. The van der Waals surface area contributed by atoms with Gasteiger partial charge in [0.05, 0.1) is 0 Å². The molecule has 8 nitrogen and oxygen atoms in total. The van der Waals surface area contributed by atoms with Gasteiger partial charge in [-0.2, -0.15) is 0 Å². The van der Waals surface area contributed by atoms with Crippen LogP contribution in [0, 0.1) is 5.92 Å². The highest BCUT2D eigenvalue weighted by atomic mass is 16.6. The van der Waals surface area contributed by atoms with Crippen molar-refractivity contribution < 1.29 is 24.2 Å². The predicted molar refractivity (Wildman–Crippen MR) is 143 cm³/mol. The quantitative estimate of drug-likeness (QED) is 0.315. The summed E-state index contributed by atoms with van der Waals surface area (Å²) >= 11 is 0. The third kappa shape index (κ3) is 10.5. The number of phenols is 1. The van der Waals surface area contributed by atoms with Crippen LogP contribution in [0.3, 0.4) is 0 Å². The second kappa shape index (κ2) is 14.7. The first-order chi connectivity index (χ1) is 16.8. The van der Waals surface area contributed by atoms with Crippen molar-refractivity contribution in [1.29, 1.82) is 0 Å². The van der Waals surface area contributed by atoms with Crippen LogP contribution in [0.4, 0.5) is 4.79 Å². The fourth-order valence-corrected chi connectivity index (χ4v) is 3.90. The number of phenolic OH excluding ortho intramolecular Hbond substituents is 1. The average molecular weight is 506 g/mol. The third-order valence-electron chi connectivity index (χ3n) is 5.86. The van der Waals surface area contributed by atoms with Crippen LogP contribution in [-0.2, 0) is 14.3 Å². The molecule has 1 aromatic rings. The maximum Gasteiger partial charge on any atom is 0.408 e. The van der Waals surface area contributed by atoms with Crippen LogP contribution in [0.5, 0.6) is 5.75 Å². The Hall–Kier alpha value is -2.77. The summed E-state index contributed by atoms with van der Waals surface area (Å²) in [7, 11) is 0. The molecule has 0 saturated heterocycles. The second-order valence-electron chi connectivity index (χ2n) is 10.8. The molecular weight excluding hydrogens is 458 g/mol.